The molecule has 1 aromatic heterocycles. The Morgan fingerprint density at radius 3 is 2.68 bits per heavy atom. The van der Waals surface area contributed by atoms with Crippen LogP contribution in [0.15, 0.2) is 0 Å². The maximum Gasteiger partial charge on any atom is 0.151 e. The SMILES string of the molecule is Cc1nn(C(C)C)c(N2CCC3CCCCC32)c1N. The highest BCUT2D eigenvalue weighted by Gasteiger charge is 2.38. The van der Waals surface area contributed by atoms with Crippen LogP contribution in [0.25, 0.3) is 0 Å². The van der Waals surface area contributed by atoms with Crippen molar-refractivity contribution in [3.63, 3.8) is 0 Å². The van der Waals surface area contributed by atoms with Gasteiger partial charge in [-0.25, -0.2) is 4.68 Å². The molecule has 106 valence electrons. The molecule has 1 aliphatic carbocycles. The van der Waals surface area contributed by atoms with E-state index in [9.17, 15) is 0 Å². The van der Waals surface area contributed by atoms with Crippen molar-refractivity contribution in [1.82, 2.24) is 9.78 Å². The van der Waals surface area contributed by atoms with Crippen molar-refractivity contribution >= 4 is 11.5 Å². The second-order valence-electron chi connectivity index (χ2n) is 6.45. The fourth-order valence-corrected chi connectivity index (χ4v) is 3.86. The quantitative estimate of drug-likeness (QED) is 0.890. The van der Waals surface area contributed by atoms with Gasteiger partial charge in [0.25, 0.3) is 0 Å². The normalized spacial score (nSPS) is 27.1. The lowest BCUT2D eigenvalue weighted by atomic mass is 9.85. The number of hydrogen-bond donors (Lipinski definition) is 1. The van der Waals surface area contributed by atoms with Gasteiger partial charge in [-0.2, -0.15) is 5.10 Å². The molecule has 4 heteroatoms. The van der Waals surface area contributed by atoms with Crippen LogP contribution in [0.2, 0.25) is 0 Å². The van der Waals surface area contributed by atoms with Gasteiger partial charge in [0.1, 0.15) is 0 Å². The molecule has 0 amide bonds. The average Bonchev–Trinajstić information content (AvgIpc) is 2.92. The number of aryl methyl sites for hydroxylation is 1. The van der Waals surface area contributed by atoms with Crippen LogP contribution in [-0.2, 0) is 0 Å². The maximum absolute atomic E-state index is 6.32. The zero-order valence-corrected chi connectivity index (χ0v) is 12.4. The Hall–Kier alpha value is -1.19. The van der Waals surface area contributed by atoms with E-state index in [0.717, 1.165) is 23.8 Å². The highest BCUT2D eigenvalue weighted by molar-refractivity contribution is 5.67. The number of rotatable bonds is 2. The first-order valence-corrected chi connectivity index (χ1v) is 7.70. The van der Waals surface area contributed by atoms with Gasteiger partial charge in [-0.1, -0.05) is 12.8 Å². The van der Waals surface area contributed by atoms with E-state index in [1.165, 1.54) is 37.9 Å². The third-order valence-corrected chi connectivity index (χ3v) is 4.88. The maximum atomic E-state index is 6.32. The molecule has 0 spiro atoms. The Morgan fingerprint density at radius 1 is 1.21 bits per heavy atom. The first-order chi connectivity index (χ1) is 9.09. The van der Waals surface area contributed by atoms with Crippen LogP contribution in [0.1, 0.15) is 57.7 Å². The van der Waals surface area contributed by atoms with Crippen molar-refractivity contribution in [3.8, 4) is 0 Å². The highest BCUT2D eigenvalue weighted by Crippen LogP contribution is 2.41. The third-order valence-electron chi connectivity index (χ3n) is 4.88. The molecule has 0 radical (unpaired) electrons. The van der Waals surface area contributed by atoms with Gasteiger partial charge in [0, 0.05) is 18.6 Å². The molecule has 2 heterocycles. The molecule has 19 heavy (non-hydrogen) atoms. The van der Waals surface area contributed by atoms with E-state index >= 15 is 0 Å². The van der Waals surface area contributed by atoms with Crippen molar-refractivity contribution in [2.24, 2.45) is 5.92 Å². The van der Waals surface area contributed by atoms with Gasteiger partial charge in [0.15, 0.2) is 5.82 Å². The van der Waals surface area contributed by atoms with E-state index in [2.05, 4.69) is 28.5 Å². The molecule has 1 aliphatic heterocycles. The van der Waals surface area contributed by atoms with E-state index in [0.29, 0.717) is 12.1 Å². The van der Waals surface area contributed by atoms with Gasteiger partial charge in [0.2, 0.25) is 0 Å². The van der Waals surface area contributed by atoms with Gasteiger partial charge in [-0.3, -0.25) is 0 Å². The van der Waals surface area contributed by atoms with Gasteiger partial charge in [0.05, 0.1) is 11.4 Å². The Bertz CT molecular complexity index is 463. The molecule has 3 rings (SSSR count). The lowest BCUT2D eigenvalue weighted by Crippen LogP contribution is -2.36. The summed E-state index contributed by atoms with van der Waals surface area (Å²) in [5, 5.41) is 4.64. The minimum absolute atomic E-state index is 0.369. The second-order valence-corrected chi connectivity index (χ2v) is 6.45. The third kappa shape index (κ3) is 2.01. The molecular formula is C15H26N4. The molecule has 2 aliphatic rings. The molecule has 0 aromatic carbocycles. The number of nitrogens with two attached hydrogens (primary N) is 1. The van der Waals surface area contributed by atoms with E-state index < -0.39 is 0 Å². The van der Waals surface area contributed by atoms with Gasteiger partial charge >= 0.3 is 0 Å². The Labute approximate surface area is 116 Å². The summed E-state index contributed by atoms with van der Waals surface area (Å²) in [6.45, 7) is 7.54. The fourth-order valence-electron chi connectivity index (χ4n) is 3.86. The second kappa shape index (κ2) is 4.73. The first kappa shape index (κ1) is 12.8. The van der Waals surface area contributed by atoms with Crippen molar-refractivity contribution in [1.29, 1.82) is 0 Å². The summed E-state index contributed by atoms with van der Waals surface area (Å²) in [7, 11) is 0. The van der Waals surface area contributed by atoms with Crippen LogP contribution in [0, 0.1) is 12.8 Å². The molecule has 1 aromatic rings. The first-order valence-electron chi connectivity index (χ1n) is 7.70. The molecule has 2 atom stereocenters. The van der Waals surface area contributed by atoms with Gasteiger partial charge < -0.3 is 10.6 Å². The van der Waals surface area contributed by atoms with Crippen LogP contribution >= 0.6 is 0 Å². The lowest BCUT2D eigenvalue weighted by Gasteiger charge is -2.34. The predicted octanol–water partition coefficient (Wildman–Crippen LogP) is 3.12. The molecule has 1 saturated carbocycles. The van der Waals surface area contributed by atoms with Gasteiger partial charge in [-0.05, 0) is 46.0 Å². The van der Waals surface area contributed by atoms with E-state index in [4.69, 9.17) is 5.73 Å². The summed E-state index contributed by atoms with van der Waals surface area (Å²) in [5.41, 5.74) is 8.18. The van der Waals surface area contributed by atoms with Crippen LogP contribution in [0.3, 0.4) is 0 Å². The molecule has 2 N–H and O–H groups in total. The van der Waals surface area contributed by atoms with Crippen molar-refractivity contribution < 1.29 is 0 Å². The highest BCUT2D eigenvalue weighted by atomic mass is 15.4. The molecule has 1 saturated heterocycles. The average molecular weight is 262 g/mol. The predicted molar refractivity (Wildman–Crippen MR) is 79.5 cm³/mol. The van der Waals surface area contributed by atoms with E-state index in [1.807, 2.05) is 6.92 Å². The smallest absolute Gasteiger partial charge is 0.151 e. The number of fused-ring (bicyclic) bond motifs is 1. The molecule has 2 unspecified atom stereocenters. The van der Waals surface area contributed by atoms with Crippen molar-refractivity contribution in [2.45, 2.75) is 65.0 Å². The van der Waals surface area contributed by atoms with Gasteiger partial charge in [-0.15, -0.1) is 0 Å². The fraction of sp³-hybridized carbons (Fsp3) is 0.800. The number of anilines is 2. The van der Waals surface area contributed by atoms with E-state index in [1.54, 1.807) is 0 Å². The summed E-state index contributed by atoms with van der Waals surface area (Å²) in [6.07, 6.45) is 6.83. The monoisotopic (exact) mass is 262 g/mol. The summed E-state index contributed by atoms with van der Waals surface area (Å²) in [4.78, 5) is 2.55. The summed E-state index contributed by atoms with van der Waals surface area (Å²) in [6, 6.07) is 1.07. The van der Waals surface area contributed by atoms with Crippen LogP contribution in [-0.4, -0.2) is 22.4 Å². The lowest BCUT2D eigenvalue weighted by molar-refractivity contribution is 0.339. The topological polar surface area (TPSA) is 47.1 Å². The zero-order chi connectivity index (χ0) is 13.6. The minimum atomic E-state index is 0.369. The molecule has 4 nitrogen and oxygen atoms in total. The number of nitrogens with zero attached hydrogens (tertiary/aromatic N) is 3. The van der Waals surface area contributed by atoms with E-state index in [-0.39, 0.29) is 0 Å². The largest absolute Gasteiger partial charge is 0.394 e. The Kier molecular flexibility index (Phi) is 3.19. The molecular weight excluding hydrogens is 236 g/mol. The summed E-state index contributed by atoms with van der Waals surface area (Å²) < 4.78 is 2.13. The zero-order valence-electron chi connectivity index (χ0n) is 12.4. The Morgan fingerprint density at radius 2 is 1.95 bits per heavy atom. The minimum Gasteiger partial charge on any atom is -0.394 e. The van der Waals surface area contributed by atoms with Crippen LogP contribution in [0.4, 0.5) is 11.5 Å². The number of aromatic nitrogens is 2. The van der Waals surface area contributed by atoms with Crippen molar-refractivity contribution in [2.75, 3.05) is 17.2 Å². The Balaban J connectivity index is 1.97. The standard InChI is InChI=1S/C15H26N4/c1-10(2)19-15(14(16)11(3)17-19)18-9-8-12-6-4-5-7-13(12)18/h10,12-13H,4-9,16H2,1-3H3. The number of hydrogen-bond acceptors (Lipinski definition) is 3. The summed E-state index contributed by atoms with van der Waals surface area (Å²) >= 11 is 0. The molecule has 0 bridgehead atoms. The number of nitrogen functional groups attached to an aromatic ring is 1. The summed E-state index contributed by atoms with van der Waals surface area (Å²) in [5.74, 6) is 2.06. The van der Waals surface area contributed by atoms with Crippen molar-refractivity contribution in [3.05, 3.63) is 5.69 Å². The van der Waals surface area contributed by atoms with Crippen LogP contribution in [0.5, 0.6) is 0 Å². The molecule has 2 fully saturated rings. The van der Waals surface area contributed by atoms with Crippen LogP contribution < -0.4 is 10.6 Å².